The minimum Gasteiger partial charge on any atom is -0.356 e. The first-order chi connectivity index (χ1) is 11.5. The van der Waals surface area contributed by atoms with Crippen LogP contribution < -0.4 is 10.6 Å². The second-order valence-corrected chi connectivity index (χ2v) is 8.58. The molecule has 1 spiro atoms. The molecule has 4 nitrogen and oxygen atoms in total. The second kappa shape index (κ2) is 9.76. The molecule has 1 saturated carbocycles. The first-order valence-electron chi connectivity index (χ1n) is 10.3. The smallest absolute Gasteiger partial charge is 0.223 e. The van der Waals surface area contributed by atoms with Crippen LogP contribution in [0.5, 0.6) is 0 Å². The van der Waals surface area contributed by atoms with E-state index in [1.165, 1.54) is 45.3 Å². The molecule has 2 N–H and O–H groups in total. The molecule has 140 valence electrons. The van der Waals surface area contributed by atoms with Gasteiger partial charge >= 0.3 is 0 Å². The Morgan fingerprint density at radius 2 is 1.71 bits per heavy atom. The molecule has 0 aromatic carbocycles. The Balaban J connectivity index is 1.42. The third kappa shape index (κ3) is 6.03. The molecule has 2 aliphatic rings. The van der Waals surface area contributed by atoms with E-state index in [4.69, 9.17) is 0 Å². The van der Waals surface area contributed by atoms with Gasteiger partial charge < -0.3 is 15.5 Å². The lowest BCUT2D eigenvalue weighted by atomic mass is 9.57. The number of hydrogen-bond donors (Lipinski definition) is 2. The van der Waals surface area contributed by atoms with Crippen molar-refractivity contribution in [3.63, 3.8) is 0 Å². The summed E-state index contributed by atoms with van der Waals surface area (Å²) < 4.78 is 0. The van der Waals surface area contributed by atoms with Crippen LogP contribution >= 0.6 is 0 Å². The molecule has 24 heavy (non-hydrogen) atoms. The highest BCUT2D eigenvalue weighted by molar-refractivity contribution is 5.79. The highest BCUT2D eigenvalue weighted by atomic mass is 16.1. The third-order valence-electron chi connectivity index (χ3n) is 5.55. The number of nitrogens with one attached hydrogen (secondary N) is 2. The lowest BCUT2D eigenvalue weighted by Gasteiger charge is -2.59. The third-order valence-corrected chi connectivity index (χ3v) is 5.55. The minimum absolute atomic E-state index is 0.298. The van der Waals surface area contributed by atoms with Crippen LogP contribution in [-0.4, -0.2) is 50.1 Å². The van der Waals surface area contributed by atoms with E-state index in [-0.39, 0.29) is 0 Å². The molecule has 0 aromatic rings. The SMILES string of the molecule is CCNCCCCCCCNC(=O)C1CC2(C1)CN(CC(C)C)C2. The summed E-state index contributed by atoms with van der Waals surface area (Å²) in [6.07, 6.45) is 8.49. The molecule has 1 aliphatic heterocycles. The molecule has 0 radical (unpaired) electrons. The highest BCUT2D eigenvalue weighted by Gasteiger charge is 2.53. The van der Waals surface area contributed by atoms with E-state index in [1.54, 1.807) is 0 Å². The Morgan fingerprint density at radius 1 is 1.08 bits per heavy atom. The van der Waals surface area contributed by atoms with Crippen molar-refractivity contribution >= 4 is 5.91 Å². The number of nitrogens with zero attached hydrogens (tertiary/aromatic N) is 1. The standard InChI is InChI=1S/C20H39N3O/c1-4-21-10-8-6-5-7-9-11-22-19(24)18-12-20(13-18)15-23(16-20)14-17(2)3/h17-18,21H,4-16H2,1-3H3,(H,22,24). The molecular weight excluding hydrogens is 298 g/mol. The number of carbonyl (C=O) groups is 1. The summed E-state index contributed by atoms with van der Waals surface area (Å²) in [7, 11) is 0. The molecule has 2 rings (SSSR count). The van der Waals surface area contributed by atoms with Gasteiger partial charge in [-0.05, 0) is 50.1 Å². The Labute approximate surface area is 149 Å². The molecule has 1 aliphatic carbocycles. The highest BCUT2D eigenvalue weighted by Crippen LogP contribution is 2.51. The fraction of sp³-hybridized carbons (Fsp3) is 0.950. The van der Waals surface area contributed by atoms with Gasteiger partial charge in [-0.1, -0.05) is 40.0 Å². The van der Waals surface area contributed by atoms with Crippen LogP contribution in [0.15, 0.2) is 0 Å². The van der Waals surface area contributed by atoms with Crippen molar-refractivity contribution in [1.29, 1.82) is 0 Å². The fourth-order valence-electron chi connectivity index (χ4n) is 4.42. The summed E-state index contributed by atoms with van der Waals surface area (Å²) in [6.45, 7) is 13.5. The van der Waals surface area contributed by atoms with Crippen molar-refractivity contribution < 1.29 is 4.79 Å². The number of hydrogen-bond acceptors (Lipinski definition) is 3. The van der Waals surface area contributed by atoms with Gasteiger partial charge in [0.2, 0.25) is 5.91 Å². The monoisotopic (exact) mass is 337 g/mol. The summed E-state index contributed by atoms with van der Waals surface area (Å²) >= 11 is 0. The predicted molar refractivity (Wildman–Crippen MR) is 101 cm³/mol. The van der Waals surface area contributed by atoms with Gasteiger partial charge in [0.25, 0.3) is 0 Å². The Kier molecular flexibility index (Phi) is 8.02. The maximum atomic E-state index is 12.2. The van der Waals surface area contributed by atoms with Gasteiger partial charge in [0.05, 0.1) is 0 Å². The lowest BCUT2D eigenvalue weighted by Crippen LogP contribution is -2.64. The molecule has 0 bridgehead atoms. The van der Waals surface area contributed by atoms with E-state index >= 15 is 0 Å². The second-order valence-electron chi connectivity index (χ2n) is 8.58. The van der Waals surface area contributed by atoms with Crippen molar-refractivity contribution in [2.45, 2.75) is 65.7 Å². The van der Waals surface area contributed by atoms with Gasteiger partial charge in [0.15, 0.2) is 0 Å². The van der Waals surface area contributed by atoms with Crippen molar-refractivity contribution in [3.05, 3.63) is 0 Å². The van der Waals surface area contributed by atoms with Crippen LogP contribution in [0.25, 0.3) is 0 Å². The first-order valence-corrected chi connectivity index (χ1v) is 10.3. The van der Waals surface area contributed by atoms with Crippen molar-refractivity contribution in [2.24, 2.45) is 17.3 Å². The Bertz CT molecular complexity index is 369. The van der Waals surface area contributed by atoms with Crippen molar-refractivity contribution in [1.82, 2.24) is 15.5 Å². The van der Waals surface area contributed by atoms with Crippen LogP contribution in [0.1, 0.15) is 65.7 Å². The van der Waals surface area contributed by atoms with E-state index in [9.17, 15) is 4.79 Å². The maximum absolute atomic E-state index is 12.2. The van der Waals surface area contributed by atoms with Crippen molar-refractivity contribution in [2.75, 3.05) is 39.3 Å². The lowest BCUT2D eigenvalue weighted by molar-refractivity contribution is -0.145. The Hall–Kier alpha value is -0.610. The average Bonchev–Trinajstić information content (AvgIpc) is 2.46. The number of unbranched alkanes of at least 4 members (excludes halogenated alkanes) is 4. The van der Waals surface area contributed by atoms with Gasteiger partial charge in [-0.3, -0.25) is 4.79 Å². The van der Waals surface area contributed by atoms with Crippen LogP contribution in [0.4, 0.5) is 0 Å². The van der Waals surface area contributed by atoms with Crippen molar-refractivity contribution in [3.8, 4) is 0 Å². The molecule has 2 fully saturated rings. The normalized spacial score (nSPS) is 20.2. The van der Waals surface area contributed by atoms with E-state index in [0.29, 0.717) is 17.2 Å². The quantitative estimate of drug-likeness (QED) is 0.538. The number of likely N-dealkylation sites (tertiary alicyclic amines) is 1. The number of amides is 1. The minimum atomic E-state index is 0.298. The molecule has 1 amide bonds. The van der Waals surface area contributed by atoms with Crippen LogP contribution in [0, 0.1) is 17.3 Å². The zero-order valence-electron chi connectivity index (χ0n) is 16.2. The van der Waals surface area contributed by atoms with E-state index in [0.717, 1.165) is 44.8 Å². The zero-order valence-corrected chi connectivity index (χ0v) is 16.2. The molecule has 4 heteroatoms. The zero-order chi connectivity index (χ0) is 17.4. The van der Waals surface area contributed by atoms with Gasteiger partial charge in [0, 0.05) is 32.1 Å². The maximum Gasteiger partial charge on any atom is 0.223 e. The molecule has 1 heterocycles. The summed E-state index contributed by atoms with van der Waals surface area (Å²) in [5.41, 5.74) is 0.503. The average molecular weight is 338 g/mol. The summed E-state index contributed by atoms with van der Waals surface area (Å²) in [6, 6.07) is 0. The van der Waals surface area contributed by atoms with Gasteiger partial charge in [-0.15, -0.1) is 0 Å². The van der Waals surface area contributed by atoms with Crippen LogP contribution in [0.3, 0.4) is 0 Å². The van der Waals surface area contributed by atoms with Gasteiger partial charge in [0.1, 0.15) is 0 Å². The summed E-state index contributed by atoms with van der Waals surface area (Å²) in [5.74, 6) is 1.37. The predicted octanol–water partition coefficient (Wildman–Crippen LogP) is 3.03. The largest absolute Gasteiger partial charge is 0.356 e. The van der Waals surface area contributed by atoms with E-state index < -0.39 is 0 Å². The van der Waals surface area contributed by atoms with Gasteiger partial charge in [-0.2, -0.15) is 0 Å². The van der Waals surface area contributed by atoms with Crippen LogP contribution in [-0.2, 0) is 4.79 Å². The van der Waals surface area contributed by atoms with E-state index in [2.05, 4.69) is 36.3 Å². The molecule has 1 saturated heterocycles. The summed E-state index contributed by atoms with van der Waals surface area (Å²) in [5, 5.41) is 6.52. The van der Waals surface area contributed by atoms with E-state index in [1.807, 2.05) is 0 Å². The van der Waals surface area contributed by atoms with Crippen LogP contribution in [0.2, 0.25) is 0 Å². The number of rotatable bonds is 12. The fourth-order valence-corrected chi connectivity index (χ4v) is 4.42. The van der Waals surface area contributed by atoms with Gasteiger partial charge in [-0.25, -0.2) is 0 Å². The first kappa shape index (κ1) is 19.7. The summed E-state index contributed by atoms with van der Waals surface area (Å²) in [4.78, 5) is 14.7. The molecule has 0 unspecified atom stereocenters. The molecular formula is C20H39N3O. The Morgan fingerprint density at radius 3 is 2.33 bits per heavy atom. The molecule has 0 atom stereocenters. The topological polar surface area (TPSA) is 44.4 Å². The molecule has 0 aromatic heterocycles. The number of carbonyl (C=O) groups excluding carboxylic acids is 1.